The molecule has 0 amide bonds. The number of nitrogens with one attached hydrogen (secondary N) is 2. The van der Waals surface area contributed by atoms with Crippen LogP contribution in [-0.2, 0) is 13.1 Å². The Bertz CT molecular complexity index is 830. The maximum absolute atomic E-state index is 4.44. The van der Waals surface area contributed by atoms with E-state index >= 15 is 0 Å². The number of aromatic nitrogens is 1. The van der Waals surface area contributed by atoms with E-state index in [2.05, 4.69) is 79.0 Å². The molecule has 1 saturated heterocycles. The Morgan fingerprint density at radius 1 is 1.07 bits per heavy atom. The van der Waals surface area contributed by atoms with Crippen molar-refractivity contribution in [3.05, 3.63) is 72.1 Å². The number of anilines is 1. The van der Waals surface area contributed by atoms with E-state index in [1.54, 1.807) is 0 Å². The third-order valence-corrected chi connectivity index (χ3v) is 5.84. The molecule has 1 aromatic carbocycles. The minimum Gasteiger partial charge on any atom is -0.364 e. The average Bonchev–Trinajstić information content (AvgIpc) is 3.34. The molecular weight excluding hydrogens is 372 g/mol. The highest BCUT2D eigenvalue weighted by Gasteiger charge is 2.20. The van der Waals surface area contributed by atoms with Crippen molar-refractivity contribution in [2.75, 3.05) is 38.1 Å². The van der Waals surface area contributed by atoms with Gasteiger partial charge in [-0.2, -0.15) is 0 Å². The van der Waals surface area contributed by atoms with Crippen LogP contribution in [0.25, 0.3) is 0 Å². The molecule has 158 valence electrons. The number of aliphatic imine (C=N–C) groups is 1. The van der Waals surface area contributed by atoms with Crippen LogP contribution < -0.4 is 15.5 Å². The number of hydrogen-bond donors (Lipinski definition) is 2. The number of hydrogen-bond acceptors (Lipinski definition) is 4. The van der Waals surface area contributed by atoms with Crippen molar-refractivity contribution in [2.24, 2.45) is 4.99 Å². The molecule has 6 heteroatoms. The van der Waals surface area contributed by atoms with Gasteiger partial charge in [-0.3, -0.25) is 14.9 Å². The molecule has 0 aliphatic carbocycles. The number of piperidine rings is 1. The summed E-state index contributed by atoms with van der Waals surface area (Å²) in [5, 5.41) is 7.06. The third kappa shape index (κ3) is 5.60. The van der Waals surface area contributed by atoms with Crippen molar-refractivity contribution in [3.63, 3.8) is 0 Å². The number of likely N-dealkylation sites (tertiary alicyclic amines) is 1. The van der Waals surface area contributed by atoms with Crippen LogP contribution in [0.4, 0.5) is 5.69 Å². The lowest BCUT2D eigenvalue weighted by atomic mass is 10.0. The Hall–Kier alpha value is -2.86. The molecule has 0 unspecified atom stereocenters. The van der Waals surface area contributed by atoms with Gasteiger partial charge in [-0.25, -0.2) is 0 Å². The molecule has 0 radical (unpaired) electrons. The Morgan fingerprint density at radius 3 is 2.50 bits per heavy atom. The van der Waals surface area contributed by atoms with Gasteiger partial charge in [-0.15, -0.1) is 0 Å². The standard InChI is InChI=1S/C24H32N6/c1-25-24(27-18-20-7-9-23(10-8-20)30-14-4-5-15-30)28-21-11-16-29(17-12-21)19-22-6-2-3-13-26-22/h2-10,13,21H,11-12,14-19H2,1H3,(H2,25,27,28). The predicted molar refractivity (Wildman–Crippen MR) is 124 cm³/mol. The minimum absolute atomic E-state index is 0.459. The van der Waals surface area contributed by atoms with E-state index in [0.717, 1.165) is 63.8 Å². The number of nitrogens with zero attached hydrogens (tertiary/aromatic N) is 4. The number of pyridine rings is 1. The summed E-state index contributed by atoms with van der Waals surface area (Å²) in [6.45, 7) is 5.89. The molecule has 2 aliphatic rings. The SMILES string of the molecule is CN=C(NCc1ccc(N2CC=CC2)cc1)NC1CCN(Cc2ccccn2)CC1. The maximum atomic E-state index is 4.44. The first-order chi connectivity index (χ1) is 14.8. The summed E-state index contributed by atoms with van der Waals surface area (Å²) in [4.78, 5) is 13.7. The van der Waals surface area contributed by atoms with Crippen LogP contribution in [0.15, 0.2) is 65.8 Å². The zero-order chi connectivity index (χ0) is 20.6. The zero-order valence-corrected chi connectivity index (χ0v) is 17.8. The van der Waals surface area contributed by atoms with Crippen molar-refractivity contribution < 1.29 is 0 Å². The molecule has 6 nitrogen and oxygen atoms in total. The first kappa shape index (κ1) is 20.4. The van der Waals surface area contributed by atoms with E-state index in [-0.39, 0.29) is 0 Å². The van der Waals surface area contributed by atoms with Crippen LogP contribution in [0.3, 0.4) is 0 Å². The van der Waals surface area contributed by atoms with E-state index in [1.165, 1.54) is 11.3 Å². The fourth-order valence-corrected chi connectivity index (χ4v) is 4.04. The van der Waals surface area contributed by atoms with E-state index in [4.69, 9.17) is 0 Å². The lowest BCUT2D eigenvalue weighted by molar-refractivity contribution is 0.196. The van der Waals surface area contributed by atoms with Crippen molar-refractivity contribution in [2.45, 2.75) is 32.0 Å². The highest BCUT2D eigenvalue weighted by molar-refractivity contribution is 5.80. The summed E-state index contributed by atoms with van der Waals surface area (Å²) < 4.78 is 0. The summed E-state index contributed by atoms with van der Waals surface area (Å²) in [6.07, 6.45) is 8.54. The summed E-state index contributed by atoms with van der Waals surface area (Å²) in [5.41, 5.74) is 3.69. The highest BCUT2D eigenvalue weighted by Crippen LogP contribution is 2.17. The fraction of sp³-hybridized carbons (Fsp3) is 0.417. The first-order valence-corrected chi connectivity index (χ1v) is 10.9. The smallest absolute Gasteiger partial charge is 0.191 e. The molecule has 2 N–H and O–H groups in total. The largest absolute Gasteiger partial charge is 0.364 e. The quantitative estimate of drug-likeness (QED) is 0.441. The average molecular weight is 405 g/mol. The normalized spacial score (nSPS) is 18.0. The number of guanidine groups is 1. The molecule has 0 atom stereocenters. The summed E-state index contributed by atoms with van der Waals surface area (Å²) >= 11 is 0. The van der Waals surface area contributed by atoms with E-state index in [9.17, 15) is 0 Å². The molecule has 4 rings (SSSR count). The van der Waals surface area contributed by atoms with Crippen LogP contribution in [-0.4, -0.2) is 55.1 Å². The number of rotatable bonds is 6. The van der Waals surface area contributed by atoms with Crippen LogP contribution in [0.2, 0.25) is 0 Å². The van der Waals surface area contributed by atoms with Gasteiger partial charge in [0.05, 0.1) is 5.69 Å². The summed E-state index contributed by atoms with van der Waals surface area (Å²) in [5.74, 6) is 0.881. The second-order valence-corrected chi connectivity index (χ2v) is 7.98. The van der Waals surface area contributed by atoms with Gasteiger partial charge < -0.3 is 15.5 Å². The van der Waals surface area contributed by atoms with E-state index < -0.39 is 0 Å². The van der Waals surface area contributed by atoms with Crippen molar-refractivity contribution in [1.82, 2.24) is 20.5 Å². The molecular formula is C24H32N6. The lowest BCUT2D eigenvalue weighted by Crippen LogP contribution is -2.48. The van der Waals surface area contributed by atoms with Gasteiger partial charge in [0, 0.05) is 64.2 Å². The fourth-order valence-electron chi connectivity index (χ4n) is 4.04. The van der Waals surface area contributed by atoms with Crippen molar-refractivity contribution in [3.8, 4) is 0 Å². The Kier molecular flexibility index (Phi) is 6.98. The molecule has 1 fully saturated rings. The summed E-state index contributed by atoms with van der Waals surface area (Å²) in [6, 6.07) is 15.4. The maximum Gasteiger partial charge on any atom is 0.191 e. The van der Waals surface area contributed by atoms with Gasteiger partial charge in [0.2, 0.25) is 0 Å². The molecule has 2 aliphatic heterocycles. The van der Waals surface area contributed by atoms with Gasteiger partial charge in [0.25, 0.3) is 0 Å². The Balaban J connectivity index is 1.20. The number of benzene rings is 1. The second-order valence-electron chi connectivity index (χ2n) is 7.98. The van der Waals surface area contributed by atoms with E-state index in [0.29, 0.717) is 6.04 Å². The molecule has 3 heterocycles. The molecule has 0 saturated carbocycles. The molecule has 0 bridgehead atoms. The van der Waals surface area contributed by atoms with Crippen LogP contribution in [0.1, 0.15) is 24.1 Å². The molecule has 30 heavy (non-hydrogen) atoms. The Morgan fingerprint density at radius 2 is 1.83 bits per heavy atom. The van der Waals surface area contributed by atoms with Gasteiger partial charge in [0.1, 0.15) is 0 Å². The topological polar surface area (TPSA) is 55.8 Å². The molecule has 1 aromatic heterocycles. The van der Waals surface area contributed by atoms with E-state index in [1.807, 2.05) is 19.3 Å². The van der Waals surface area contributed by atoms with Gasteiger partial charge in [-0.1, -0.05) is 30.4 Å². The van der Waals surface area contributed by atoms with Gasteiger partial charge in [0.15, 0.2) is 5.96 Å². The monoisotopic (exact) mass is 404 g/mol. The molecule has 0 spiro atoms. The van der Waals surface area contributed by atoms with Crippen LogP contribution >= 0.6 is 0 Å². The first-order valence-electron chi connectivity index (χ1n) is 10.9. The summed E-state index contributed by atoms with van der Waals surface area (Å²) in [7, 11) is 1.84. The van der Waals surface area contributed by atoms with Gasteiger partial charge >= 0.3 is 0 Å². The van der Waals surface area contributed by atoms with Crippen molar-refractivity contribution in [1.29, 1.82) is 0 Å². The highest BCUT2D eigenvalue weighted by atomic mass is 15.2. The third-order valence-electron chi connectivity index (χ3n) is 5.84. The lowest BCUT2D eigenvalue weighted by Gasteiger charge is -2.32. The predicted octanol–water partition coefficient (Wildman–Crippen LogP) is 2.79. The van der Waals surface area contributed by atoms with Gasteiger partial charge in [-0.05, 0) is 42.7 Å². The van der Waals surface area contributed by atoms with Crippen LogP contribution in [0, 0.1) is 0 Å². The van der Waals surface area contributed by atoms with Crippen molar-refractivity contribution >= 4 is 11.6 Å². The zero-order valence-electron chi connectivity index (χ0n) is 17.8. The minimum atomic E-state index is 0.459. The second kappa shape index (κ2) is 10.3. The Labute approximate surface area is 179 Å². The van der Waals surface area contributed by atoms with Crippen LogP contribution in [0.5, 0.6) is 0 Å². The molecule has 2 aromatic rings.